The number of carbonyl (C=O) groups excluding carboxylic acids is 1. The lowest BCUT2D eigenvalue weighted by atomic mass is 10.2. The van der Waals surface area contributed by atoms with Gasteiger partial charge in [0.2, 0.25) is 0 Å². The van der Waals surface area contributed by atoms with E-state index in [1.807, 2.05) is 0 Å². The summed E-state index contributed by atoms with van der Waals surface area (Å²) in [5, 5.41) is 0. The van der Waals surface area contributed by atoms with E-state index in [1.54, 1.807) is 0 Å². The fraction of sp³-hybridized carbons (Fsp3) is 0.333. The lowest BCUT2D eigenvalue weighted by Gasteiger charge is -2.05. The number of nitrogens with one attached hydrogen (secondary N) is 1. The normalized spacial score (nSPS) is 10.6. The number of alkyl halides is 2. The molecular formula is C9H8BrF2NO3. The van der Waals surface area contributed by atoms with Crippen molar-refractivity contribution in [1.29, 1.82) is 0 Å². The van der Waals surface area contributed by atoms with Crippen LogP contribution in [0.1, 0.15) is 17.7 Å². The number of methoxy groups -OCH3 is 1. The number of H-pyrrole nitrogens is 1. The van der Waals surface area contributed by atoms with Crippen molar-refractivity contribution in [3.05, 3.63) is 32.2 Å². The molecule has 1 heterocycles. The monoisotopic (exact) mass is 295 g/mol. The van der Waals surface area contributed by atoms with Gasteiger partial charge in [0.1, 0.15) is 0 Å². The SMILES string of the molecule is COC(=O)Cc1cc(=O)c(C(F)F)c(Br)[nH]1. The van der Waals surface area contributed by atoms with Gasteiger partial charge in [-0.3, -0.25) is 9.59 Å². The maximum Gasteiger partial charge on any atom is 0.311 e. The molecule has 0 radical (unpaired) electrons. The van der Waals surface area contributed by atoms with Gasteiger partial charge in [0.15, 0.2) is 5.43 Å². The van der Waals surface area contributed by atoms with Gasteiger partial charge in [0.25, 0.3) is 6.43 Å². The molecular weight excluding hydrogens is 288 g/mol. The Kier molecular flexibility index (Phi) is 4.17. The van der Waals surface area contributed by atoms with E-state index >= 15 is 0 Å². The third-order valence-corrected chi connectivity index (χ3v) is 2.48. The Morgan fingerprint density at radius 2 is 2.25 bits per heavy atom. The standard InChI is InChI=1S/C9H8BrF2NO3/c1-16-6(15)3-4-2-5(14)7(9(11)12)8(10)13-4/h2,9H,3H2,1H3,(H,13,14). The van der Waals surface area contributed by atoms with E-state index in [0.29, 0.717) is 0 Å². The summed E-state index contributed by atoms with van der Waals surface area (Å²) in [5.41, 5.74) is -1.25. The van der Waals surface area contributed by atoms with Crippen LogP contribution in [0.5, 0.6) is 0 Å². The van der Waals surface area contributed by atoms with E-state index in [4.69, 9.17) is 0 Å². The van der Waals surface area contributed by atoms with Crippen LogP contribution in [0, 0.1) is 0 Å². The molecule has 4 nitrogen and oxygen atoms in total. The highest BCUT2D eigenvalue weighted by Crippen LogP contribution is 2.22. The Bertz CT molecular complexity index is 459. The van der Waals surface area contributed by atoms with E-state index in [2.05, 4.69) is 25.7 Å². The summed E-state index contributed by atoms with van der Waals surface area (Å²) in [6.45, 7) is 0. The molecule has 88 valence electrons. The number of esters is 1. The van der Waals surface area contributed by atoms with Crippen molar-refractivity contribution in [2.24, 2.45) is 0 Å². The third-order valence-electron chi connectivity index (χ3n) is 1.86. The Hall–Kier alpha value is -1.24. The van der Waals surface area contributed by atoms with Crippen LogP contribution < -0.4 is 5.43 Å². The number of aromatic amines is 1. The van der Waals surface area contributed by atoms with Gasteiger partial charge >= 0.3 is 5.97 Å². The molecule has 1 aromatic heterocycles. The molecule has 0 aliphatic carbocycles. The molecule has 0 saturated carbocycles. The van der Waals surface area contributed by atoms with Crippen molar-refractivity contribution >= 4 is 21.9 Å². The molecule has 0 aromatic carbocycles. The van der Waals surface area contributed by atoms with E-state index < -0.39 is 23.4 Å². The highest BCUT2D eigenvalue weighted by atomic mass is 79.9. The maximum atomic E-state index is 12.4. The van der Waals surface area contributed by atoms with Crippen molar-refractivity contribution in [3.8, 4) is 0 Å². The topological polar surface area (TPSA) is 59.2 Å². The largest absolute Gasteiger partial charge is 0.469 e. The van der Waals surface area contributed by atoms with Gasteiger partial charge in [-0.2, -0.15) is 0 Å². The van der Waals surface area contributed by atoms with Gasteiger partial charge in [-0.25, -0.2) is 8.78 Å². The van der Waals surface area contributed by atoms with E-state index in [9.17, 15) is 18.4 Å². The molecule has 0 unspecified atom stereocenters. The summed E-state index contributed by atoms with van der Waals surface area (Å²) < 4.78 is 29.1. The first-order valence-electron chi connectivity index (χ1n) is 4.22. The number of pyridine rings is 1. The fourth-order valence-corrected chi connectivity index (χ4v) is 1.74. The van der Waals surface area contributed by atoms with E-state index in [-0.39, 0.29) is 16.7 Å². The lowest BCUT2D eigenvalue weighted by Crippen LogP contribution is -2.15. The molecule has 0 aliphatic heterocycles. The second-order valence-electron chi connectivity index (χ2n) is 2.94. The Morgan fingerprint density at radius 1 is 1.62 bits per heavy atom. The van der Waals surface area contributed by atoms with Gasteiger partial charge in [-0.05, 0) is 15.9 Å². The van der Waals surface area contributed by atoms with Crippen LogP contribution in [-0.2, 0) is 16.0 Å². The van der Waals surface area contributed by atoms with Crippen molar-refractivity contribution in [2.75, 3.05) is 7.11 Å². The highest BCUT2D eigenvalue weighted by molar-refractivity contribution is 9.10. The maximum absolute atomic E-state index is 12.4. The molecule has 0 bridgehead atoms. The van der Waals surface area contributed by atoms with Crippen molar-refractivity contribution < 1.29 is 18.3 Å². The first-order valence-corrected chi connectivity index (χ1v) is 5.01. The minimum atomic E-state index is -2.87. The zero-order valence-corrected chi connectivity index (χ0v) is 9.81. The summed E-state index contributed by atoms with van der Waals surface area (Å²) in [7, 11) is 1.20. The van der Waals surface area contributed by atoms with Gasteiger partial charge < -0.3 is 9.72 Å². The van der Waals surface area contributed by atoms with Crippen LogP contribution in [-0.4, -0.2) is 18.1 Å². The average molecular weight is 296 g/mol. The highest BCUT2D eigenvalue weighted by Gasteiger charge is 2.18. The number of halogens is 3. The van der Waals surface area contributed by atoms with E-state index in [0.717, 1.165) is 6.07 Å². The van der Waals surface area contributed by atoms with E-state index in [1.165, 1.54) is 7.11 Å². The van der Waals surface area contributed by atoms with Crippen LogP contribution in [0.3, 0.4) is 0 Å². The first kappa shape index (κ1) is 12.8. The average Bonchev–Trinajstić information content (AvgIpc) is 2.15. The van der Waals surface area contributed by atoms with Gasteiger partial charge in [-0.15, -0.1) is 0 Å². The second kappa shape index (κ2) is 5.20. The third kappa shape index (κ3) is 2.88. The van der Waals surface area contributed by atoms with Crippen molar-refractivity contribution in [3.63, 3.8) is 0 Å². The molecule has 1 rings (SSSR count). The molecule has 0 spiro atoms. The van der Waals surface area contributed by atoms with Gasteiger partial charge in [-0.1, -0.05) is 0 Å². The number of hydrogen-bond donors (Lipinski definition) is 1. The van der Waals surface area contributed by atoms with Crippen LogP contribution in [0.4, 0.5) is 8.78 Å². The zero-order valence-electron chi connectivity index (χ0n) is 8.22. The number of carbonyl (C=O) groups is 1. The predicted molar refractivity (Wildman–Crippen MR) is 55.4 cm³/mol. The second-order valence-corrected chi connectivity index (χ2v) is 3.73. The molecule has 0 fully saturated rings. The zero-order chi connectivity index (χ0) is 12.3. The number of ether oxygens (including phenoxy) is 1. The number of rotatable bonds is 3. The van der Waals surface area contributed by atoms with Crippen LogP contribution in [0.15, 0.2) is 15.5 Å². The minimum Gasteiger partial charge on any atom is -0.469 e. The predicted octanol–water partition coefficient (Wildman–Crippen LogP) is 1.79. The smallest absolute Gasteiger partial charge is 0.311 e. The quantitative estimate of drug-likeness (QED) is 0.683. The summed E-state index contributed by atoms with van der Waals surface area (Å²) in [6, 6.07) is 0.961. The minimum absolute atomic E-state index is 0.117. The lowest BCUT2D eigenvalue weighted by molar-refractivity contribution is -0.139. The molecule has 0 atom stereocenters. The molecule has 0 amide bonds. The van der Waals surface area contributed by atoms with Crippen molar-refractivity contribution in [1.82, 2.24) is 4.98 Å². The Morgan fingerprint density at radius 3 is 2.69 bits per heavy atom. The molecule has 0 saturated heterocycles. The summed E-state index contributed by atoms with van der Waals surface area (Å²) in [4.78, 5) is 24.7. The van der Waals surface area contributed by atoms with Crippen molar-refractivity contribution in [2.45, 2.75) is 12.8 Å². The molecule has 1 N–H and O–H groups in total. The number of hydrogen-bond acceptors (Lipinski definition) is 3. The number of aromatic nitrogens is 1. The summed E-state index contributed by atoms with van der Waals surface area (Å²) in [5.74, 6) is -0.563. The summed E-state index contributed by atoms with van der Waals surface area (Å²) in [6.07, 6.45) is -3.04. The Labute approximate surface area is 97.7 Å². The molecule has 1 aromatic rings. The summed E-state index contributed by atoms with van der Waals surface area (Å²) >= 11 is 2.82. The fourth-order valence-electron chi connectivity index (χ4n) is 1.11. The first-order chi connectivity index (χ1) is 7.45. The van der Waals surface area contributed by atoms with Crippen LogP contribution in [0.2, 0.25) is 0 Å². The molecule has 16 heavy (non-hydrogen) atoms. The van der Waals surface area contributed by atoms with Crippen LogP contribution in [0.25, 0.3) is 0 Å². The molecule has 0 aliphatic rings. The van der Waals surface area contributed by atoms with Gasteiger partial charge in [0.05, 0.1) is 23.7 Å². The van der Waals surface area contributed by atoms with Gasteiger partial charge in [0, 0.05) is 11.8 Å². The Balaban J connectivity index is 3.10. The molecule has 7 heteroatoms. The van der Waals surface area contributed by atoms with Crippen LogP contribution >= 0.6 is 15.9 Å².